The molecule has 6 aliphatic rings. The van der Waals surface area contributed by atoms with Gasteiger partial charge in [-0.2, -0.15) is 0 Å². The maximum Gasteiger partial charge on any atom is 0.0340 e. The number of nitrogens with two attached hydrogens (primary N) is 8. The summed E-state index contributed by atoms with van der Waals surface area (Å²) in [6, 6.07) is 60.0. The highest BCUT2D eigenvalue weighted by Crippen LogP contribution is 2.45. The highest BCUT2D eigenvalue weighted by Gasteiger charge is 2.31. The molecule has 0 aliphatic heterocycles. The molecule has 6 saturated carbocycles. The fourth-order valence-electron chi connectivity index (χ4n) is 18.5. The number of benzene rings is 8. The van der Waals surface area contributed by atoms with Crippen LogP contribution in [0.5, 0.6) is 0 Å². The van der Waals surface area contributed by atoms with Gasteiger partial charge in [-0.05, 0) is 320 Å². The Bertz CT molecular complexity index is 3710. The van der Waals surface area contributed by atoms with Crippen LogP contribution in [-0.2, 0) is 19.3 Å². The third-order valence-corrected chi connectivity index (χ3v) is 24.9. The third kappa shape index (κ3) is 22.8. The Kier molecular flexibility index (Phi) is 26.8. The van der Waals surface area contributed by atoms with Crippen LogP contribution in [-0.4, -0.2) is 0 Å². The van der Waals surface area contributed by atoms with Gasteiger partial charge in [0, 0.05) is 45.5 Å². The van der Waals surface area contributed by atoms with Gasteiger partial charge in [-0.25, -0.2) is 0 Å². The summed E-state index contributed by atoms with van der Waals surface area (Å²) < 4.78 is 0. The highest BCUT2D eigenvalue weighted by molar-refractivity contribution is 5.72. The molecular weight excluding hydrogens is 1230 g/mol. The molecule has 0 unspecified atom stereocenters. The minimum absolute atomic E-state index is 0.718. The summed E-state index contributed by atoms with van der Waals surface area (Å²) in [6.07, 6.45) is 39.5. The van der Waals surface area contributed by atoms with E-state index in [-0.39, 0.29) is 0 Å². The van der Waals surface area contributed by atoms with Crippen molar-refractivity contribution >= 4 is 45.5 Å². The lowest BCUT2D eigenvalue weighted by Crippen LogP contribution is -2.24. The summed E-state index contributed by atoms with van der Waals surface area (Å²) >= 11 is 0. The molecule has 0 atom stereocenters. The monoisotopic (exact) mass is 1360 g/mol. The summed E-state index contributed by atoms with van der Waals surface area (Å²) in [5.74, 6) is 10.8. The van der Waals surface area contributed by atoms with E-state index in [4.69, 9.17) is 45.9 Å². The summed E-state index contributed by atoms with van der Waals surface area (Å²) in [7, 11) is 0. The van der Waals surface area contributed by atoms with E-state index < -0.39 is 0 Å². The summed E-state index contributed by atoms with van der Waals surface area (Å²) in [5, 5.41) is 0. The van der Waals surface area contributed by atoms with E-state index in [1.165, 1.54) is 228 Å². The van der Waals surface area contributed by atoms with Crippen molar-refractivity contribution in [3.05, 3.63) is 225 Å². The molecule has 0 saturated heterocycles. The fourth-order valence-corrected chi connectivity index (χ4v) is 18.5. The zero-order chi connectivity index (χ0) is 70.8. The van der Waals surface area contributed by atoms with Gasteiger partial charge in [0.15, 0.2) is 0 Å². The standard InChI is InChI=1S/C28H40N2.C26H36N2.C20H26N2.C19H24N2/c1-20-2-4-21(5-3-20)6-7-22-8-12-25(13-9-22)26-14-10-23(11-15-26)16-24-17-27(29)19-28(30)18-24;1-18-2-6-21(7-3-18)23-10-12-24(13-11-23)22-8-4-19(5-9-22)14-20-15-25(27)17-26(28)16-20;1-14-2-6-17(7-3-14)18-8-4-15(5-9-18)10-16-11-19(21)13-20(22)12-16;1-13-2-4-14(5-3-13)15-6-8-16(9-7-15)17-10-18(20)12-19(21)11-17/h10-11,14-15,17-22,25H,2-9,12-13,16,29-30H2,1H3;4-5,8-9,15-18,21,23-24H,2-3,6-7,10-14,27-28H2,1H3;4-5,8-9,11-14,17H,2-3,6-7,10,21-22H2,1H3;6-14H,2-5,20-21H2,1H3. The molecule has 0 radical (unpaired) electrons. The van der Waals surface area contributed by atoms with Crippen LogP contribution in [0.4, 0.5) is 45.5 Å². The number of nitrogen functional groups attached to an aromatic ring is 8. The van der Waals surface area contributed by atoms with Crippen molar-refractivity contribution < 1.29 is 0 Å². The van der Waals surface area contributed by atoms with Crippen LogP contribution in [0.3, 0.4) is 0 Å². The zero-order valence-electron chi connectivity index (χ0n) is 62.2. The van der Waals surface area contributed by atoms with E-state index in [1.807, 2.05) is 60.7 Å². The van der Waals surface area contributed by atoms with E-state index in [0.29, 0.717) is 0 Å². The molecule has 8 aromatic carbocycles. The molecule has 0 heterocycles. The highest BCUT2D eigenvalue weighted by atomic mass is 14.6. The van der Waals surface area contributed by atoms with E-state index in [2.05, 4.69) is 125 Å². The molecule has 6 aliphatic carbocycles. The fraction of sp³-hybridized carbons (Fsp3) is 0.484. The first-order valence-electron chi connectivity index (χ1n) is 39.8. The summed E-state index contributed by atoms with van der Waals surface area (Å²) in [5.41, 5.74) is 69.0. The van der Waals surface area contributed by atoms with Crippen LogP contribution >= 0.6 is 0 Å². The predicted octanol–water partition coefficient (Wildman–Crippen LogP) is 23.4. The molecule has 8 aromatic rings. The smallest absolute Gasteiger partial charge is 0.0340 e. The van der Waals surface area contributed by atoms with Gasteiger partial charge in [0.2, 0.25) is 0 Å². The maximum absolute atomic E-state index is 5.94. The van der Waals surface area contributed by atoms with Crippen molar-refractivity contribution in [1.29, 1.82) is 0 Å². The summed E-state index contributed by atoms with van der Waals surface area (Å²) in [4.78, 5) is 0. The predicted molar refractivity (Wildman–Crippen MR) is 436 cm³/mol. The molecular formula is C93H126N8. The molecule has 538 valence electrons. The van der Waals surface area contributed by atoms with Crippen LogP contribution in [0.25, 0.3) is 11.1 Å². The second-order valence-corrected chi connectivity index (χ2v) is 33.3. The average molecular weight is 1360 g/mol. The molecule has 8 heteroatoms. The van der Waals surface area contributed by atoms with E-state index >= 15 is 0 Å². The molecule has 14 rings (SSSR count). The first-order valence-corrected chi connectivity index (χ1v) is 39.8. The number of hydrogen-bond donors (Lipinski definition) is 8. The van der Waals surface area contributed by atoms with Gasteiger partial charge < -0.3 is 45.9 Å². The largest absolute Gasteiger partial charge is 0.399 e. The molecule has 101 heavy (non-hydrogen) atoms. The molecule has 0 bridgehead atoms. The van der Waals surface area contributed by atoms with Gasteiger partial charge in [0.1, 0.15) is 0 Å². The van der Waals surface area contributed by atoms with Crippen molar-refractivity contribution in [1.82, 2.24) is 0 Å². The van der Waals surface area contributed by atoms with Crippen LogP contribution in [0.15, 0.2) is 170 Å². The molecule has 16 N–H and O–H groups in total. The molecule has 6 fully saturated rings. The van der Waals surface area contributed by atoms with Crippen LogP contribution in [0, 0.1) is 47.3 Å². The normalized spacial score (nSPS) is 25.2. The summed E-state index contributed by atoms with van der Waals surface area (Å²) in [6.45, 7) is 9.59. The second-order valence-electron chi connectivity index (χ2n) is 33.3. The third-order valence-electron chi connectivity index (χ3n) is 24.9. The van der Waals surface area contributed by atoms with Gasteiger partial charge in [-0.15, -0.1) is 0 Å². The van der Waals surface area contributed by atoms with E-state index in [1.54, 1.807) is 12.1 Å². The van der Waals surface area contributed by atoms with Crippen molar-refractivity contribution in [2.45, 2.75) is 238 Å². The number of hydrogen-bond acceptors (Lipinski definition) is 8. The van der Waals surface area contributed by atoms with Crippen LogP contribution < -0.4 is 45.9 Å². The average Bonchev–Trinajstić information content (AvgIpc) is 1.70. The zero-order valence-corrected chi connectivity index (χ0v) is 62.2. The Hall–Kier alpha value is -7.84. The Morgan fingerprint density at radius 3 is 0.733 bits per heavy atom. The topological polar surface area (TPSA) is 208 Å². The Balaban J connectivity index is 0.000000137. The number of rotatable bonds is 15. The van der Waals surface area contributed by atoms with Gasteiger partial charge >= 0.3 is 0 Å². The SMILES string of the molecule is CC1CCC(C2CCC(c3ccc(Cc4cc(N)cc(N)c4)cc3)CC2)CC1.CC1CCC(CCC2CCC(c3ccc(Cc4cc(N)cc(N)c4)cc3)CC2)CC1.CC1CCC(c2ccc(-c3cc(N)cc(N)c3)cc2)CC1.CC1CCC(c2ccc(Cc3cc(N)cc(N)c3)cc2)CC1. The van der Waals surface area contributed by atoms with Crippen molar-refractivity contribution in [2.75, 3.05) is 45.9 Å². The van der Waals surface area contributed by atoms with Crippen LogP contribution in [0.2, 0.25) is 0 Å². The second kappa shape index (κ2) is 36.3. The van der Waals surface area contributed by atoms with Crippen molar-refractivity contribution in [2.24, 2.45) is 47.3 Å². The first kappa shape index (κ1) is 74.4. The van der Waals surface area contributed by atoms with Gasteiger partial charge in [0.25, 0.3) is 0 Å². The van der Waals surface area contributed by atoms with E-state index in [0.717, 1.165) is 141 Å². The molecule has 0 spiro atoms. The van der Waals surface area contributed by atoms with Gasteiger partial charge in [0.05, 0.1) is 0 Å². The lowest BCUT2D eigenvalue weighted by Gasteiger charge is -2.37. The van der Waals surface area contributed by atoms with E-state index in [9.17, 15) is 0 Å². The quantitative estimate of drug-likeness (QED) is 0.0462. The van der Waals surface area contributed by atoms with Gasteiger partial charge in [-0.3, -0.25) is 0 Å². The Morgan fingerprint density at radius 1 is 0.218 bits per heavy atom. The maximum atomic E-state index is 5.94. The minimum Gasteiger partial charge on any atom is -0.399 e. The molecule has 0 aromatic heterocycles. The van der Waals surface area contributed by atoms with Crippen LogP contribution in [0.1, 0.15) is 274 Å². The molecule has 0 amide bonds. The molecule has 8 nitrogen and oxygen atoms in total. The van der Waals surface area contributed by atoms with Crippen molar-refractivity contribution in [3.63, 3.8) is 0 Å². The van der Waals surface area contributed by atoms with Crippen molar-refractivity contribution in [3.8, 4) is 11.1 Å². The Morgan fingerprint density at radius 2 is 0.436 bits per heavy atom. The Labute approximate surface area is 609 Å². The van der Waals surface area contributed by atoms with Gasteiger partial charge in [-0.1, -0.05) is 202 Å². The number of anilines is 8. The lowest BCUT2D eigenvalue weighted by molar-refractivity contribution is 0.165. The minimum atomic E-state index is 0.718. The first-order chi connectivity index (χ1) is 48.8. The lowest BCUT2D eigenvalue weighted by atomic mass is 9.68.